The number of aryl methyl sites for hydroxylation is 2. The van der Waals surface area contributed by atoms with E-state index in [0.29, 0.717) is 0 Å². The van der Waals surface area contributed by atoms with Crippen LogP contribution in [0.5, 0.6) is 0 Å². The van der Waals surface area contributed by atoms with Crippen LogP contribution in [0.1, 0.15) is 127 Å². The maximum atomic E-state index is 7.75. The van der Waals surface area contributed by atoms with Crippen molar-refractivity contribution in [2.75, 3.05) is 4.90 Å². The fraction of sp³-hybridized carbons (Fsp3) is 0.302. The van der Waals surface area contributed by atoms with Crippen molar-refractivity contribution in [1.82, 2.24) is 4.48 Å². The lowest BCUT2D eigenvalue weighted by molar-refractivity contribution is 0.332. The van der Waals surface area contributed by atoms with Crippen molar-refractivity contribution >= 4 is 67.8 Å². The van der Waals surface area contributed by atoms with Gasteiger partial charge in [0.15, 0.2) is 0 Å². The summed E-state index contributed by atoms with van der Waals surface area (Å²) in [6.45, 7) is 19.2. The summed E-state index contributed by atoms with van der Waals surface area (Å²) >= 11 is 0. The molecule has 0 amide bonds. The van der Waals surface area contributed by atoms with E-state index in [4.69, 9.17) is 4.42 Å². The van der Waals surface area contributed by atoms with Crippen LogP contribution in [0.2, 0.25) is 0 Å². The van der Waals surface area contributed by atoms with Crippen LogP contribution in [-0.2, 0) is 29.1 Å². The molecule has 0 bridgehead atoms. The first-order chi connectivity index (χ1) is 32.4. The summed E-state index contributed by atoms with van der Waals surface area (Å²) < 4.78 is 10.5. The number of nitrogens with zero attached hydrogens (tertiary/aromatic N) is 2. The molecule has 0 fully saturated rings. The van der Waals surface area contributed by atoms with Gasteiger partial charge in [0.25, 0.3) is 0 Å². The minimum absolute atomic E-state index is 0.0298. The second-order valence-corrected chi connectivity index (χ2v) is 22.3. The highest BCUT2D eigenvalue weighted by molar-refractivity contribution is 6.89. The van der Waals surface area contributed by atoms with Crippen molar-refractivity contribution in [2.24, 2.45) is 0 Å². The number of aromatic nitrogens is 1. The summed E-state index contributed by atoms with van der Waals surface area (Å²) in [5.41, 5.74) is 25.9. The molecule has 0 spiro atoms. The van der Waals surface area contributed by atoms with Crippen LogP contribution < -0.4 is 16.0 Å². The Bertz CT molecular complexity index is 3540. The minimum Gasteiger partial charge on any atom is -0.466 e. The van der Waals surface area contributed by atoms with Gasteiger partial charge in [-0.05, 0) is 159 Å². The van der Waals surface area contributed by atoms with E-state index in [-0.39, 0.29) is 23.1 Å². The van der Waals surface area contributed by atoms with Gasteiger partial charge in [0, 0.05) is 49.4 Å². The molecule has 2 aromatic heterocycles. The zero-order valence-electron chi connectivity index (χ0n) is 40.7. The third-order valence-corrected chi connectivity index (χ3v) is 16.9. The van der Waals surface area contributed by atoms with Gasteiger partial charge in [-0.2, -0.15) is 0 Å². The minimum atomic E-state index is -0.230. The molecule has 2 aliphatic carbocycles. The smallest absolute Gasteiger partial charge is 0.375 e. The number of hydrogen-bond donors (Lipinski definition) is 0. The number of anilines is 3. The van der Waals surface area contributed by atoms with Crippen LogP contribution in [-0.4, -0.2) is 11.3 Å². The average Bonchev–Trinajstić information content (AvgIpc) is 3.95. The fourth-order valence-electron chi connectivity index (χ4n) is 13.4. The summed E-state index contributed by atoms with van der Waals surface area (Å²) in [6.07, 6.45) is 9.09. The van der Waals surface area contributed by atoms with Crippen molar-refractivity contribution in [1.29, 1.82) is 0 Å². The fourth-order valence-corrected chi connectivity index (χ4v) is 13.4. The molecule has 7 aromatic carbocycles. The molecule has 0 radical (unpaired) electrons. The lowest BCUT2D eigenvalue weighted by atomic mass is 9.46. The highest BCUT2D eigenvalue weighted by atomic mass is 16.3. The molecule has 3 nitrogen and oxygen atoms in total. The van der Waals surface area contributed by atoms with Crippen molar-refractivity contribution in [3.63, 3.8) is 0 Å². The van der Waals surface area contributed by atoms with Gasteiger partial charge in [-0.25, -0.2) is 0 Å². The Morgan fingerprint density at radius 3 is 2.03 bits per heavy atom. The van der Waals surface area contributed by atoms with Crippen LogP contribution in [0.25, 0.3) is 66.2 Å². The Balaban J connectivity index is 1.24. The van der Waals surface area contributed by atoms with E-state index in [1.54, 1.807) is 0 Å². The predicted octanol–water partition coefficient (Wildman–Crippen LogP) is 16.0. The average molecular weight is 873 g/mol. The van der Waals surface area contributed by atoms with Crippen LogP contribution in [0.3, 0.4) is 0 Å². The molecule has 0 saturated carbocycles. The zero-order chi connectivity index (χ0) is 45.7. The van der Waals surface area contributed by atoms with E-state index in [1.807, 2.05) is 0 Å². The highest BCUT2D eigenvalue weighted by Gasteiger charge is 2.51. The number of benzene rings is 7. The van der Waals surface area contributed by atoms with Gasteiger partial charge >= 0.3 is 6.85 Å². The van der Waals surface area contributed by atoms with E-state index < -0.39 is 0 Å². The second kappa shape index (κ2) is 14.4. The topological polar surface area (TPSA) is 21.3 Å². The summed E-state index contributed by atoms with van der Waals surface area (Å²) in [4.78, 5) is 2.68. The molecule has 4 heterocycles. The highest BCUT2D eigenvalue weighted by Crippen LogP contribution is 2.59. The normalized spacial score (nSPS) is 16.6. The predicted molar refractivity (Wildman–Crippen MR) is 285 cm³/mol. The third-order valence-electron chi connectivity index (χ3n) is 16.9. The molecule has 2 aliphatic heterocycles. The molecule has 67 heavy (non-hydrogen) atoms. The van der Waals surface area contributed by atoms with E-state index in [0.717, 1.165) is 43.3 Å². The Morgan fingerprint density at radius 1 is 0.567 bits per heavy atom. The molecule has 0 saturated heterocycles. The summed E-state index contributed by atoms with van der Waals surface area (Å²) in [7, 11) is 0. The van der Waals surface area contributed by atoms with E-state index in [1.165, 1.54) is 136 Å². The monoisotopic (exact) mass is 872 g/mol. The maximum absolute atomic E-state index is 7.75. The SMILES string of the molecule is CCCCc1ccc(N2c3cc4c(c5c3B(c3oc6cc7c(cc6c32)C(C)(C)CCC7(C)C)n2c3ccccc3c3cc(CCCC)cc-5c32)C(C)(C)c2ccccc2-4)c(-c2ccccc2)c1. The lowest BCUT2D eigenvalue weighted by Crippen LogP contribution is -2.56. The van der Waals surface area contributed by atoms with Crippen molar-refractivity contribution in [3.05, 3.63) is 161 Å². The standard InChI is InChI=1S/C63H61BN2O/c1-9-11-20-38-28-29-51(43(32-38)40-22-14-13-15-23-40)65-53-36-44-41-24-16-18-26-48(41)63(7,8)56(44)55-47-34-39(21-12-10-2)33-45-42-25-17-19-27-52(42)66(58(45)47)64(57(53)55)60-59(65)46-35-49-50(37-54(46)67-60)62(5,6)31-30-61(49,3)4/h13-19,22-29,32-37H,9-12,20-21,30-31H2,1-8H3. The zero-order valence-corrected chi connectivity index (χ0v) is 40.7. The Morgan fingerprint density at radius 2 is 1.25 bits per heavy atom. The molecule has 332 valence electrons. The van der Waals surface area contributed by atoms with E-state index >= 15 is 0 Å². The quantitative estimate of drug-likeness (QED) is 0.142. The van der Waals surface area contributed by atoms with Gasteiger partial charge in [0.2, 0.25) is 0 Å². The van der Waals surface area contributed by atoms with Gasteiger partial charge in [-0.1, -0.05) is 147 Å². The first-order valence-electron chi connectivity index (χ1n) is 25.4. The summed E-state index contributed by atoms with van der Waals surface area (Å²) in [5.74, 6) is 0. The second-order valence-electron chi connectivity index (χ2n) is 22.3. The molecule has 0 atom stereocenters. The van der Waals surface area contributed by atoms with Crippen LogP contribution in [0.4, 0.5) is 17.1 Å². The number of rotatable bonds is 8. The first kappa shape index (κ1) is 41.0. The molecular formula is C63H61BN2O. The van der Waals surface area contributed by atoms with Crippen molar-refractivity contribution in [2.45, 2.75) is 123 Å². The molecule has 9 aromatic rings. The van der Waals surface area contributed by atoms with Gasteiger partial charge in [0.1, 0.15) is 11.2 Å². The summed E-state index contributed by atoms with van der Waals surface area (Å²) in [6, 6.07) is 49.7. The van der Waals surface area contributed by atoms with Crippen LogP contribution in [0.15, 0.2) is 132 Å². The molecule has 4 aliphatic rings. The van der Waals surface area contributed by atoms with Gasteiger partial charge < -0.3 is 13.8 Å². The van der Waals surface area contributed by atoms with Crippen LogP contribution in [0, 0.1) is 0 Å². The summed E-state index contributed by atoms with van der Waals surface area (Å²) in [5, 5.41) is 3.87. The number of fused-ring (bicyclic) bond motifs is 14. The Labute approximate surface area is 396 Å². The van der Waals surface area contributed by atoms with E-state index in [2.05, 4.69) is 192 Å². The first-order valence-corrected chi connectivity index (χ1v) is 25.4. The van der Waals surface area contributed by atoms with Gasteiger partial charge in [0.05, 0.1) is 11.4 Å². The van der Waals surface area contributed by atoms with E-state index in [9.17, 15) is 0 Å². The molecule has 0 N–H and O–H groups in total. The maximum Gasteiger partial charge on any atom is 0.375 e. The lowest BCUT2D eigenvalue weighted by Gasteiger charge is -2.42. The van der Waals surface area contributed by atoms with Gasteiger partial charge in [-0.3, -0.25) is 0 Å². The van der Waals surface area contributed by atoms with Crippen molar-refractivity contribution < 1.29 is 4.42 Å². The Hall–Kier alpha value is -6.26. The number of hydrogen-bond acceptors (Lipinski definition) is 2. The number of unbranched alkanes of at least 4 members (excludes halogenated alkanes) is 2. The molecule has 0 unspecified atom stereocenters. The molecule has 4 heteroatoms. The molecule has 13 rings (SSSR count). The largest absolute Gasteiger partial charge is 0.466 e. The Kier molecular flexibility index (Phi) is 8.79. The third kappa shape index (κ3) is 5.65. The van der Waals surface area contributed by atoms with Crippen molar-refractivity contribution in [3.8, 4) is 33.4 Å². The van der Waals surface area contributed by atoms with Crippen LogP contribution >= 0.6 is 0 Å². The molecular weight excluding hydrogens is 812 g/mol. The van der Waals surface area contributed by atoms with Gasteiger partial charge in [-0.15, -0.1) is 0 Å². The number of furan rings is 1. The number of para-hydroxylation sites is 1.